The standard InChI is InChI=1S/C21H23BrN4O6S2/c1-23-16(27)13(17(28)24(2)20(23)33)12(9-7-10(22)15(32-6)11(8-9)31-5)14-18(29)25(3)21(34)26(4)19(14)30/h7-8,12,27,29H,1-6H3. The summed E-state index contributed by atoms with van der Waals surface area (Å²) in [6.45, 7) is 0. The van der Waals surface area contributed by atoms with Gasteiger partial charge >= 0.3 is 0 Å². The largest absolute Gasteiger partial charge is 0.494 e. The molecule has 0 saturated heterocycles. The van der Waals surface area contributed by atoms with Gasteiger partial charge in [-0.3, -0.25) is 27.9 Å². The van der Waals surface area contributed by atoms with Crippen molar-refractivity contribution in [3.63, 3.8) is 0 Å². The second-order valence-corrected chi connectivity index (χ2v) is 9.14. The molecule has 0 fully saturated rings. The lowest BCUT2D eigenvalue weighted by molar-refractivity contribution is 0.352. The van der Waals surface area contributed by atoms with E-state index in [-0.39, 0.29) is 20.7 Å². The third-order valence-electron chi connectivity index (χ3n) is 5.70. The zero-order valence-electron chi connectivity index (χ0n) is 19.2. The van der Waals surface area contributed by atoms with Gasteiger partial charge in [-0.25, -0.2) is 0 Å². The maximum Gasteiger partial charge on any atom is 0.262 e. The Hall–Kier alpha value is -2.90. The number of halogens is 1. The van der Waals surface area contributed by atoms with E-state index in [1.54, 1.807) is 12.1 Å². The summed E-state index contributed by atoms with van der Waals surface area (Å²) >= 11 is 13.9. The van der Waals surface area contributed by atoms with Crippen molar-refractivity contribution < 1.29 is 19.7 Å². The monoisotopic (exact) mass is 570 g/mol. The highest BCUT2D eigenvalue weighted by molar-refractivity contribution is 9.10. The number of ether oxygens (including phenoxy) is 2. The summed E-state index contributed by atoms with van der Waals surface area (Å²) in [5.41, 5.74) is -1.24. The van der Waals surface area contributed by atoms with E-state index >= 15 is 0 Å². The Labute approximate surface area is 213 Å². The molecule has 3 rings (SSSR count). The minimum Gasteiger partial charge on any atom is -0.494 e. The normalized spacial score (nSPS) is 11.2. The van der Waals surface area contributed by atoms with Crippen LogP contribution in [0.25, 0.3) is 0 Å². The fourth-order valence-electron chi connectivity index (χ4n) is 3.81. The molecule has 2 aromatic heterocycles. The van der Waals surface area contributed by atoms with Crippen molar-refractivity contribution in [3.05, 3.63) is 63.5 Å². The van der Waals surface area contributed by atoms with Crippen molar-refractivity contribution in [1.82, 2.24) is 18.3 Å². The molecule has 0 amide bonds. The Morgan fingerprint density at radius 3 is 1.65 bits per heavy atom. The highest BCUT2D eigenvalue weighted by Crippen LogP contribution is 2.43. The van der Waals surface area contributed by atoms with Gasteiger partial charge in [0.1, 0.15) is 0 Å². The molecule has 0 bridgehead atoms. The summed E-state index contributed by atoms with van der Waals surface area (Å²) in [6.07, 6.45) is 0. The molecule has 0 aliphatic carbocycles. The summed E-state index contributed by atoms with van der Waals surface area (Å²) < 4.78 is 16.3. The number of benzene rings is 1. The first-order chi connectivity index (χ1) is 15.9. The Kier molecular flexibility index (Phi) is 7.10. The van der Waals surface area contributed by atoms with Gasteiger partial charge in [-0.15, -0.1) is 0 Å². The van der Waals surface area contributed by atoms with Crippen LogP contribution >= 0.6 is 40.4 Å². The molecule has 0 saturated carbocycles. The van der Waals surface area contributed by atoms with Crippen LogP contribution in [-0.4, -0.2) is 42.7 Å². The molecule has 34 heavy (non-hydrogen) atoms. The van der Waals surface area contributed by atoms with Crippen molar-refractivity contribution in [2.24, 2.45) is 28.2 Å². The van der Waals surface area contributed by atoms with Crippen molar-refractivity contribution in [2.45, 2.75) is 5.92 Å². The number of nitrogens with zero attached hydrogens (tertiary/aromatic N) is 4. The van der Waals surface area contributed by atoms with Gasteiger partial charge in [-0.2, -0.15) is 0 Å². The Morgan fingerprint density at radius 1 is 0.824 bits per heavy atom. The third kappa shape index (κ3) is 3.87. The predicted molar refractivity (Wildman–Crippen MR) is 134 cm³/mol. The summed E-state index contributed by atoms with van der Waals surface area (Å²) in [6, 6.07) is 3.18. The van der Waals surface area contributed by atoms with Crippen LogP contribution in [-0.2, 0) is 28.2 Å². The fourth-order valence-corrected chi connectivity index (χ4v) is 4.77. The van der Waals surface area contributed by atoms with E-state index in [0.29, 0.717) is 21.5 Å². The summed E-state index contributed by atoms with van der Waals surface area (Å²) in [4.78, 5) is 26.8. The van der Waals surface area contributed by atoms with Gasteiger partial charge in [0, 0.05) is 28.2 Å². The first-order valence-corrected chi connectivity index (χ1v) is 11.4. The van der Waals surface area contributed by atoms with Crippen molar-refractivity contribution in [3.8, 4) is 23.3 Å². The molecule has 182 valence electrons. The Balaban J connectivity index is 2.62. The number of rotatable bonds is 5. The molecular weight excluding hydrogens is 548 g/mol. The predicted octanol–water partition coefficient (Wildman–Crippen LogP) is 2.59. The van der Waals surface area contributed by atoms with Gasteiger partial charge in [-0.1, -0.05) is 0 Å². The second kappa shape index (κ2) is 9.39. The molecule has 0 spiro atoms. The summed E-state index contributed by atoms with van der Waals surface area (Å²) in [5.74, 6) is -1.43. The van der Waals surface area contributed by atoms with Crippen LogP contribution in [0.2, 0.25) is 0 Å². The van der Waals surface area contributed by atoms with Crippen LogP contribution in [0.3, 0.4) is 0 Å². The molecule has 2 N–H and O–H groups in total. The van der Waals surface area contributed by atoms with E-state index in [4.69, 9.17) is 33.9 Å². The molecule has 0 aliphatic rings. The van der Waals surface area contributed by atoms with Crippen LogP contribution in [0.5, 0.6) is 23.3 Å². The van der Waals surface area contributed by atoms with E-state index < -0.39 is 28.8 Å². The van der Waals surface area contributed by atoms with Gasteiger partial charge < -0.3 is 19.7 Å². The summed E-state index contributed by atoms with van der Waals surface area (Å²) in [5, 5.41) is 22.1. The van der Waals surface area contributed by atoms with Gasteiger partial charge in [-0.05, 0) is 58.1 Å². The zero-order valence-corrected chi connectivity index (χ0v) is 22.5. The second-order valence-electron chi connectivity index (χ2n) is 7.56. The van der Waals surface area contributed by atoms with Gasteiger partial charge in [0.25, 0.3) is 11.1 Å². The fraction of sp³-hybridized carbons (Fsp3) is 0.333. The van der Waals surface area contributed by atoms with Crippen LogP contribution in [0, 0.1) is 9.54 Å². The Bertz CT molecular complexity index is 1470. The smallest absolute Gasteiger partial charge is 0.262 e. The molecule has 13 heteroatoms. The SMILES string of the molecule is COc1cc(C(c2c(O)n(C)c(=S)n(C)c2=O)c2c(O)n(C)c(=S)n(C)c2=O)cc(Br)c1OC. The van der Waals surface area contributed by atoms with E-state index in [1.807, 2.05) is 0 Å². The maximum absolute atomic E-state index is 13.4. The van der Waals surface area contributed by atoms with Crippen molar-refractivity contribution >= 4 is 40.4 Å². The van der Waals surface area contributed by atoms with Gasteiger partial charge in [0.05, 0.1) is 35.7 Å². The van der Waals surface area contributed by atoms with Crippen LogP contribution in [0.15, 0.2) is 26.2 Å². The Morgan fingerprint density at radius 2 is 1.26 bits per heavy atom. The number of hydrogen-bond donors (Lipinski definition) is 2. The average Bonchev–Trinajstić information content (AvgIpc) is 2.82. The maximum atomic E-state index is 13.4. The quantitative estimate of drug-likeness (QED) is 0.450. The first-order valence-electron chi connectivity index (χ1n) is 9.78. The number of aromatic nitrogens is 4. The highest BCUT2D eigenvalue weighted by atomic mass is 79.9. The zero-order chi connectivity index (χ0) is 25.6. The van der Waals surface area contributed by atoms with Crippen molar-refractivity contribution in [1.29, 1.82) is 0 Å². The molecule has 0 radical (unpaired) electrons. The molecule has 0 unspecified atom stereocenters. The van der Waals surface area contributed by atoms with Crippen LogP contribution < -0.4 is 20.6 Å². The lowest BCUT2D eigenvalue weighted by Crippen LogP contribution is -2.33. The molecule has 0 atom stereocenters. The van der Waals surface area contributed by atoms with Crippen LogP contribution in [0.1, 0.15) is 22.6 Å². The van der Waals surface area contributed by atoms with E-state index in [9.17, 15) is 19.8 Å². The van der Waals surface area contributed by atoms with E-state index in [0.717, 1.165) is 0 Å². The molecule has 10 nitrogen and oxygen atoms in total. The lowest BCUT2D eigenvalue weighted by atomic mass is 9.86. The topological polar surface area (TPSA) is 113 Å². The first kappa shape index (κ1) is 25.7. The molecule has 0 aliphatic heterocycles. The van der Waals surface area contributed by atoms with Gasteiger partial charge in [0.15, 0.2) is 21.0 Å². The average molecular weight is 571 g/mol. The minimum atomic E-state index is -1.22. The number of hydrogen-bond acceptors (Lipinski definition) is 8. The minimum absolute atomic E-state index is 0.0714. The highest BCUT2D eigenvalue weighted by Gasteiger charge is 2.33. The van der Waals surface area contributed by atoms with Gasteiger partial charge in [0.2, 0.25) is 11.8 Å². The van der Waals surface area contributed by atoms with Crippen LogP contribution in [0.4, 0.5) is 0 Å². The molecule has 3 aromatic rings. The number of methoxy groups -OCH3 is 2. The number of aromatic hydroxyl groups is 2. The molecule has 1 aromatic carbocycles. The van der Waals surface area contributed by atoms with E-state index in [2.05, 4.69) is 15.9 Å². The molecular formula is C21H23BrN4O6S2. The van der Waals surface area contributed by atoms with E-state index in [1.165, 1.54) is 60.7 Å². The lowest BCUT2D eigenvalue weighted by Gasteiger charge is -2.24. The third-order valence-corrected chi connectivity index (χ3v) is 7.39. The molecule has 2 heterocycles. The van der Waals surface area contributed by atoms with Crippen molar-refractivity contribution in [2.75, 3.05) is 14.2 Å². The summed E-state index contributed by atoms with van der Waals surface area (Å²) in [7, 11) is 8.81.